The third kappa shape index (κ3) is 3.90. The number of fused-ring (bicyclic) bond motifs is 1. The lowest BCUT2D eigenvalue weighted by Crippen LogP contribution is -2.45. The molecule has 0 fully saturated rings. The Labute approximate surface area is 161 Å². The van der Waals surface area contributed by atoms with Crippen LogP contribution in [0, 0.1) is 6.92 Å². The van der Waals surface area contributed by atoms with E-state index in [-0.39, 0.29) is 17.4 Å². The van der Waals surface area contributed by atoms with E-state index in [1.807, 2.05) is 70.8 Å². The topological polar surface area (TPSA) is 46.1 Å². The quantitative estimate of drug-likeness (QED) is 0.709. The number of nitrogens with zero attached hydrogens (tertiary/aromatic N) is 3. The molecule has 1 atom stereocenters. The molecule has 1 aliphatic rings. The van der Waals surface area contributed by atoms with Crippen LogP contribution in [0.15, 0.2) is 30.6 Å². The van der Waals surface area contributed by atoms with Gasteiger partial charge in [0.1, 0.15) is 5.82 Å². The SMILES string of the molecule is CC.Cc1cnc(CC2C(=O)N(C(C)(C)C)c3ncccc32)c(CCl)c1. The molecular formula is C21H28ClN3O. The number of amides is 1. The first-order valence-electron chi connectivity index (χ1n) is 9.12. The van der Waals surface area contributed by atoms with E-state index in [0.29, 0.717) is 12.3 Å². The number of rotatable bonds is 3. The van der Waals surface area contributed by atoms with E-state index < -0.39 is 0 Å². The molecular weight excluding hydrogens is 346 g/mol. The summed E-state index contributed by atoms with van der Waals surface area (Å²) in [5.41, 5.74) is 3.61. The number of anilines is 1. The second-order valence-corrected chi connectivity index (χ2v) is 7.54. The van der Waals surface area contributed by atoms with Crippen LogP contribution >= 0.6 is 11.6 Å². The van der Waals surface area contributed by atoms with Crippen molar-refractivity contribution in [2.75, 3.05) is 4.90 Å². The summed E-state index contributed by atoms with van der Waals surface area (Å²) in [4.78, 5) is 23.9. The molecule has 0 spiro atoms. The van der Waals surface area contributed by atoms with Crippen molar-refractivity contribution in [3.63, 3.8) is 0 Å². The van der Waals surface area contributed by atoms with E-state index in [9.17, 15) is 4.79 Å². The van der Waals surface area contributed by atoms with Gasteiger partial charge in [-0.25, -0.2) is 4.98 Å². The summed E-state index contributed by atoms with van der Waals surface area (Å²) >= 11 is 6.08. The minimum atomic E-state index is -0.315. The molecule has 0 aromatic carbocycles. The van der Waals surface area contributed by atoms with Gasteiger partial charge in [0.25, 0.3) is 0 Å². The molecule has 2 aromatic rings. The predicted molar refractivity (Wildman–Crippen MR) is 108 cm³/mol. The van der Waals surface area contributed by atoms with Gasteiger partial charge in [-0.15, -0.1) is 11.6 Å². The average Bonchev–Trinajstić information content (AvgIpc) is 2.90. The Balaban J connectivity index is 0.00000117. The first-order chi connectivity index (χ1) is 12.3. The average molecular weight is 374 g/mol. The molecule has 0 N–H and O–H groups in total. The lowest BCUT2D eigenvalue weighted by molar-refractivity contribution is -0.120. The molecule has 1 amide bonds. The molecule has 0 bridgehead atoms. The molecule has 0 radical (unpaired) electrons. The molecule has 0 saturated heterocycles. The summed E-state index contributed by atoms with van der Waals surface area (Å²) in [6, 6.07) is 5.92. The maximum absolute atomic E-state index is 13.1. The van der Waals surface area contributed by atoms with Gasteiger partial charge in [0.05, 0.1) is 5.92 Å². The van der Waals surface area contributed by atoms with E-state index in [1.54, 1.807) is 6.20 Å². The molecule has 0 saturated carbocycles. The first-order valence-corrected chi connectivity index (χ1v) is 9.65. The summed E-state index contributed by atoms with van der Waals surface area (Å²) in [6.07, 6.45) is 4.12. The fraction of sp³-hybridized carbons (Fsp3) is 0.476. The standard InChI is InChI=1S/C19H22ClN3O.C2H6/c1-12-8-13(10-20)16(22-11-12)9-15-14-6-5-7-21-17(14)23(18(15)24)19(2,3)4;1-2/h5-8,11,15H,9-10H2,1-4H3;1-2H3. The Morgan fingerprint density at radius 3 is 2.54 bits per heavy atom. The lowest BCUT2D eigenvalue weighted by Gasteiger charge is -2.31. The number of aromatic nitrogens is 2. The summed E-state index contributed by atoms with van der Waals surface area (Å²) in [7, 11) is 0. The summed E-state index contributed by atoms with van der Waals surface area (Å²) in [6.45, 7) is 12.1. The smallest absolute Gasteiger partial charge is 0.236 e. The maximum Gasteiger partial charge on any atom is 0.236 e. The fourth-order valence-corrected chi connectivity index (χ4v) is 3.49. The Hall–Kier alpha value is -1.94. The van der Waals surface area contributed by atoms with Gasteiger partial charge in [0.2, 0.25) is 5.91 Å². The van der Waals surface area contributed by atoms with Crippen LogP contribution in [-0.2, 0) is 17.1 Å². The summed E-state index contributed by atoms with van der Waals surface area (Å²) in [5.74, 6) is 0.983. The van der Waals surface area contributed by atoms with Gasteiger partial charge < -0.3 is 0 Å². The van der Waals surface area contributed by atoms with Gasteiger partial charge in [0, 0.05) is 41.5 Å². The largest absolute Gasteiger partial charge is 0.291 e. The van der Waals surface area contributed by atoms with Crippen molar-refractivity contribution in [2.45, 2.75) is 65.3 Å². The summed E-state index contributed by atoms with van der Waals surface area (Å²) < 4.78 is 0. The molecule has 5 heteroatoms. The number of alkyl halides is 1. The van der Waals surface area contributed by atoms with E-state index >= 15 is 0 Å². The van der Waals surface area contributed by atoms with Gasteiger partial charge in [-0.3, -0.25) is 14.7 Å². The van der Waals surface area contributed by atoms with E-state index in [0.717, 1.165) is 28.2 Å². The van der Waals surface area contributed by atoms with E-state index in [2.05, 4.69) is 9.97 Å². The highest BCUT2D eigenvalue weighted by Crippen LogP contribution is 2.41. The Kier molecular flexibility index (Phi) is 6.40. The number of hydrogen-bond acceptors (Lipinski definition) is 3. The third-order valence-corrected chi connectivity index (χ3v) is 4.62. The van der Waals surface area contributed by atoms with Crippen LogP contribution in [0.1, 0.15) is 62.9 Å². The monoisotopic (exact) mass is 373 g/mol. The lowest BCUT2D eigenvalue weighted by atomic mass is 9.94. The zero-order valence-corrected chi connectivity index (χ0v) is 17.3. The van der Waals surface area contributed by atoms with Crippen molar-refractivity contribution in [2.24, 2.45) is 0 Å². The highest BCUT2D eigenvalue weighted by Gasteiger charge is 2.43. The molecule has 4 nitrogen and oxygen atoms in total. The predicted octanol–water partition coefficient (Wildman–Crippen LogP) is 5.02. The minimum Gasteiger partial charge on any atom is -0.291 e. The zero-order chi connectivity index (χ0) is 19.5. The van der Waals surface area contributed by atoms with Crippen molar-refractivity contribution in [3.8, 4) is 0 Å². The molecule has 2 aromatic heterocycles. The highest BCUT2D eigenvalue weighted by molar-refractivity contribution is 6.17. The minimum absolute atomic E-state index is 0.0825. The van der Waals surface area contributed by atoms with Crippen molar-refractivity contribution >= 4 is 23.3 Å². The fourth-order valence-electron chi connectivity index (χ4n) is 3.26. The Bertz CT molecular complexity index is 783. The van der Waals surface area contributed by atoms with Crippen molar-refractivity contribution < 1.29 is 4.79 Å². The zero-order valence-electron chi connectivity index (χ0n) is 16.5. The van der Waals surface area contributed by atoms with E-state index in [1.165, 1.54) is 0 Å². The summed E-state index contributed by atoms with van der Waals surface area (Å²) in [5, 5.41) is 0. The number of hydrogen-bond donors (Lipinski definition) is 0. The van der Waals surface area contributed by atoms with E-state index in [4.69, 9.17) is 11.6 Å². The second kappa shape index (κ2) is 8.17. The number of aryl methyl sites for hydroxylation is 1. The Morgan fingerprint density at radius 2 is 1.92 bits per heavy atom. The normalized spacial score (nSPS) is 16.2. The van der Waals surface area contributed by atoms with Crippen LogP contribution in [0.25, 0.3) is 0 Å². The number of carbonyl (C=O) groups is 1. The van der Waals surface area contributed by atoms with Crippen LogP contribution in [0.3, 0.4) is 0 Å². The van der Waals surface area contributed by atoms with Crippen LogP contribution in [0.5, 0.6) is 0 Å². The molecule has 1 unspecified atom stereocenters. The van der Waals surface area contributed by atoms with Crippen molar-refractivity contribution in [1.82, 2.24) is 9.97 Å². The van der Waals surface area contributed by atoms with Gasteiger partial charge >= 0.3 is 0 Å². The van der Waals surface area contributed by atoms with Crippen LogP contribution in [-0.4, -0.2) is 21.4 Å². The third-order valence-electron chi connectivity index (χ3n) is 4.33. The molecule has 1 aliphatic heterocycles. The molecule has 26 heavy (non-hydrogen) atoms. The number of halogens is 1. The first kappa shape index (κ1) is 20.4. The number of carbonyl (C=O) groups excluding carboxylic acids is 1. The molecule has 3 heterocycles. The second-order valence-electron chi connectivity index (χ2n) is 7.27. The van der Waals surface area contributed by atoms with Crippen molar-refractivity contribution in [3.05, 3.63) is 53.0 Å². The van der Waals surface area contributed by atoms with Crippen LogP contribution < -0.4 is 4.90 Å². The maximum atomic E-state index is 13.1. The van der Waals surface area contributed by atoms with Gasteiger partial charge in [0.15, 0.2) is 0 Å². The molecule has 3 rings (SSSR count). The highest BCUT2D eigenvalue weighted by atomic mass is 35.5. The molecule has 140 valence electrons. The van der Waals surface area contributed by atoms with Gasteiger partial charge in [-0.1, -0.05) is 26.0 Å². The van der Waals surface area contributed by atoms with Crippen molar-refractivity contribution in [1.29, 1.82) is 0 Å². The van der Waals surface area contributed by atoms with Crippen LogP contribution in [0.2, 0.25) is 0 Å². The van der Waals surface area contributed by atoms with Gasteiger partial charge in [-0.2, -0.15) is 0 Å². The van der Waals surface area contributed by atoms with Crippen LogP contribution in [0.4, 0.5) is 5.82 Å². The molecule has 0 aliphatic carbocycles. The Morgan fingerprint density at radius 1 is 1.23 bits per heavy atom. The number of pyridine rings is 2. The van der Waals surface area contributed by atoms with Gasteiger partial charge in [-0.05, 0) is 44.9 Å².